The fourth-order valence-corrected chi connectivity index (χ4v) is 3.41. The highest BCUT2D eigenvalue weighted by atomic mass is 16.2. The number of carbonyl (C=O) groups is 2. The van der Waals surface area contributed by atoms with Gasteiger partial charge in [-0.05, 0) is 33.6 Å². The lowest BCUT2D eigenvalue weighted by Gasteiger charge is -2.34. The van der Waals surface area contributed by atoms with Gasteiger partial charge in [-0.25, -0.2) is 14.7 Å². The Morgan fingerprint density at radius 2 is 2.08 bits per heavy atom. The van der Waals surface area contributed by atoms with E-state index in [1.54, 1.807) is 0 Å². The fraction of sp³-hybridized carbons (Fsp3) is 0.688. The first-order valence-corrected chi connectivity index (χ1v) is 8.56. The molecule has 0 aliphatic carbocycles. The molecule has 1 fully saturated rings. The van der Waals surface area contributed by atoms with Crippen molar-refractivity contribution in [1.29, 1.82) is 0 Å². The van der Waals surface area contributed by atoms with Crippen molar-refractivity contribution in [2.24, 2.45) is 5.10 Å². The van der Waals surface area contributed by atoms with Crippen LogP contribution in [0.1, 0.15) is 50.3 Å². The molecule has 0 radical (unpaired) electrons. The summed E-state index contributed by atoms with van der Waals surface area (Å²) in [5.41, 5.74) is 0.489. The highest BCUT2D eigenvalue weighted by Crippen LogP contribution is 2.23. The highest BCUT2D eigenvalue weighted by molar-refractivity contribution is 6.39. The monoisotopic (exact) mass is 332 g/mol. The Bertz CT molecular complexity index is 680. The van der Waals surface area contributed by atoms with E-state index in [0.717, 1.165) is 31.0 Å². The quantitative estimate of drug-likeness (QED) is 0.828. The summed E-state index contributed by atoms with van der Waals surface area (Å²) in [6.45, 7) is 7.51. The van der Waals surface area contributed by atoms with Crippen molar-refractivity contribution >= 4 is 17.5 Å². The molecule has 0 saturated carbocycles. The molecule has 2 amide bonds. The second-order valence-electron chi connectivity index (χ2n) is 6.35. The number of nitrogens with zero attached hydrogens (tertiary/aromatic N) is 6. The maximum atomic E-state index is 12.8. The standard InChI is InChI=1S/C16H24N6O2/c1-4-21-15(23)8-7-14(19-21)16(24)20-9-5-6-13(10-20)22-12(3)17-11(2)18-22/h13H,4-10H2,1-3H3/t13-/m1/s1. The van der Waals surface area contributed by atoms with Gasteiger partial charge in [0.25, 0.3) is 5.91 Å². The molecular formula is C16H24N6O2. The molecule has 0 bridgehead atoms. The molecule has 0 aromatic carbocycles. The maximum Gasteiger partial charge on any atom is 0.270 e. The number of hydrogen-bond donors (Lipinski definition) is 0. The normalized spacial score (nSPS) is 21.9. The van der Waals surface area contributed by atoms with Crippen molar-refractivity contribution in [3.05, 3.63) is 11.6 Å². The van der Waals surface area contributed by atoms with Gasteiger partial charge in [0.15, 0.2) is 0 Å². The topological polar surface area (TPSA) is 83.7 Å². The van der Waals surface area contributed by atoms with Crippen LogP contribution in [0.15, 0.2) is 5.10 Å². The third-order valence-electron chi connectivity index (χ3n) is 4.59. The summed E-state index contributed by atoms with van der Waals surface area (Å²) in [7, 11) is 0. The van der Waals surface area contributed by atoms with Crippen molar-refractivity contribution in [3.63, 3.8) is 0 Å². The molecule has 1 atom stereocenters. The van der Waals surface area contributed by atoms with Crippen LogP contribution in [0.3, 0.4) is 0 Å². The molecule has 24 heavy (non-hydrogen) atoms. The predicted molar refractivity (Wildman–Crippen MR) is 88.4 cm³/mol. The smallest absolute Gasteiger partial charge is 0.270 e. The maximum absolute atomic E-state index is 12.8. The molecule has 1 aromatic rings. The van der Waals surface area contributed by atoms with E-state index in [-0.39, 0.29) is 17.9 Å². The van der Waals surface area contributed by atoms with Gasteiger partial charge in [-0.15, -0.1) is 0 Å². The van der Waals surface area contributed by atoms with Gasteiger partial charge in [-0.1, -0.05) is 0 Å². The zero-order valence-electron chi connectivity index (χ0n) is 14.5. The zero-order chi connectivity index (χ0) is 17.3. The van der Waals surface area contributed by atoms with Crippen LogP contribution >= 0.6 is 0 Å². The Hall–Kier alpha value is -2.25. The molecule has 0 unspecified atom stereocenters. The Morgan fingerprint density at radius 3 is 2.75 bits per heavy atom. The SMILES string of the molecule is CCN1N=C(C(=O)N2CCC[C@@H](n3nc(C)nc3C)C2)CCC1=O. The first-order chi connectivity index (χ1) is 11.5. The summed E-state index contributed by atoms with van der Waals surface area (Å²) in [5.74, 6) is 1.56. The van der Waals surface area contributed by atoms with E-state index in [1.165, 1.54) is 5.01 Å². The van der Waals surface area contributed by atoms with Gasteiger partial charge in [0.05, 0.1) is 6.04 Å². The summed E-state index contributed by atoms with van der Waals surface area (Å²) in [5, 5.41) is 10.1. The average Bonchev–Trinajstić information content (AvgIpc) is 2.93. The van der Waals surface area contributed by atoms with Crippen LogP contribution in [-0.4, -0.2) is 61.8 Å². The summed E-state index contributed by atoms with van der Waals surface area (Å²) in [6.07, 6.45) is 2.70. The zero-order valence-corrected chi connectivity index (χ0v) is 14.5. The molecule has 2 aliphatic rings. The number of hydrogen-bond acceptors (Lipinski definition) is 5. The van der Waals surface area contributed by atoms with Gasteiger partial charge in [0.2, 0.25) is 5.91 Å². The first-order valence-electron chi connectivity index (χ1n) is 8.56. The molecule has 8 nitrogen and oxygen atoms in total. The van der Waals surface area contributed by atoms with E-state index in [1.807, 2.05) is 30.4 Å². The van der Waals surface area contributed by atoms with Crippen LogP contribution in [0, 0.1) is 13.8 Å². The van der Waals surface area contributed by atoms with Gasteiger partial charge < -0.3 is 4.90 Å². The second kappa shape index (κ2) is 6.70. The van der Waals surface area contributed by atoms with Crippen LogP contribution in [0.2, 0.25) is 0 Å². The molecular weight excluding hydrogens is 308 g/mol. The third kappa shape index (κ3) is 3.18. The number of aryl methyl sites for hydroxylation is 2. The van der Waals surface area contributed by atoms with Crippen molar-refractivity contribution in [2.75, 3.05) is 19.6 Å². The van der Waals surface area contributed by atoms with Crippen LogP contribution in [0.4, 0.5) is 0 Å². The number of carbonyl (C=O) groups excluding carboxylic acids is 2. The average molecular weight is 332 g/mol. The lowest BCUT2D eigenvalue weighted by molar-refractivity contribution is -0.132. The second-order valence-corrected chi connectivity index (χ2v) is 6.35. The fourth-order valence-electron chi connectivity index (χ4n) is 3.41. The largest absolute Gasteiger partial charge is 0.335 e. The van der Waals surface area contributed by atoms with Gasteiger partial charge >= 0.3 is 0 Å². The van der Waals surface area contributed by atoms with E-state index in [2.05, 4.69) is 15.2 Å². The van der Waals surface area contributed by atoms with Crippen LogP contribution in [0.25, 0.3) is 0 Å². The van der Waals surface area contributed by atoms with E-state index < -0.39 is 0 Å². The van der Waals surface area contributed by atoms with Gasteiger partial charge in [0.1, 0.15) is 17.4 Å². The third-order valence-corrected chi connectivity index (χ3v) is 4.59. The summed E-state index contributed by atoms with van der Waals surface area (Å²) >= 11 is 0. The number of likely N-dealkylation sites (tertiary alicyclic amines) is 1. The summed E-state index contributed by atoms with van der Waals surface area (Å²) in [4.78, 5) is 30.7. The number of amides is 2. The summed E-state index contributed by atoms with van der Waals surface area (Å²) in [6, 6.07) is 0.150. The van der Waals surface area contributed by atoms with E-state index in [4.69, 9.17) is 0 Å². The number of aromatic nitrogens is 3. The summed E-state index contributed by atoms with van der Waals surface area (Å²) < 4.78 is 1.93. The van der Waals surface area contributed by atoms with Gasteiger partial charge in [0, 0.05) is 32.5 Å². The number of hydrazone groups is 1. The van der Waals surface area contributed by atoms with Crippen LogP contribution in [0.5, 0.6) is 0 Å². The molecule has 1 saturated heterocycles. The van der Waals surface area contributed by atoms with E-state index in [0.29, 0.717) is 31.6 Å². The Morgan fingerprint density at radius 1 is 1.29 bits per heavy atom. The lowest BCUT2D eigenvalue weighted by Crippen LogP contribution is -2.46. The predicted octanol–water partition coefficient (Wildman–Crippen LogP) is 1.06. The Labute approximate surface area is 141 Å². The van der Waals surface area contributed by atoms with Crippen molar-refractivity contribution in [3.8, 4) is 0 Å². The van der Waals surface area contributed by atoms with Crippen LogP contribution < -0.4 is 0 Å². The Kier molecular flexibility index (Phi) is 4.64. The molecule has 0 spiro atoms. The Balaban J connectivity index is 1.74. The van der Waals surface area contributed by atoms with E-state index >= 15 is 0 Å². The highest BCUT2D eigenvalue weighted by Gasteiger charge is 2.31. The van der Waals surface area contributed by atoms with Crippen molar-refractivity contribution in [1.82, 2.24) is 24.7 Å². The molecule has 130 valence electrons. The van der Waals surface area contributed by atoms with E-state index in [9.17, 15) is 9.59 Å². The molecule has 3 rings (SSSR count). The number of rotatable bonds is 3. The molecule has 2 aliphatic heterocycles. The minimum absolute atomic E-state index is 0.0145. The van der Waals surface area contributed by atoms with Crippen molar-refractivity contribution < 1.29 is 9.59 Å². The van der Waals surface area contributed by atoms with Gasteiger partial charge in [-0.2, -0.15) is 10.2 Å². The minimum Gasteiger partial charge on any atom is -0.335 e. The molecule has 8 heteroatoms. The van der Waals surface area contributed by atoms with Gasteiger partial charge in [-0.3, -0.25) is 9.59 Å². The number of piperidine rings is 1. The first kappa shape index (κ1) is 16.6. The molecule has 1 aromatic heterocycles. The van der Waals surface area contributed by atoms with Crippen LogP contribution in [-0.2, 0) is 9.59 Å². The minimum atomic E-state index is -0.0554. The molecule has 0 N–H and O–H groups in total. The lowest BCUT2D eigenvalue weighted by atomic mass is 10.0. The molecule has 3 heterocycles. The van der Waals surface area contributed by atoms with Crippen molar-refractivity contribution in [2.45, 2.75) is 52.5 Å².